The van der Waals surface area contributed by atoms with Crippen LogP contribution in [0.15, 0.2) is 18.2 Å². The third kappa shape index (κ3) is 4.01. The summed E-state index contributed by atoms with van der Waals surface area (Å²) in [4.78, 5) is 14.3. The zero-order valence-corrected chi connectivity index (χ0v) is 14.9. The highest BCUT2D eigenvalue weighted by Crippen LogP contribution is 2.33. The number of rotatable bonds is 5. The number of benzene rings is 1. The van der Waals surface area contributed by atoms with E-state index in [0.29, 0.717) is 12.0 Å². The summed E-state index contributed by atoms with van der Waals surface area (Å²) < 4.78 is 28.2. The molecule has 4 nitrogen and oxygen atoms in total. The molecule has 2 fully saturated rings. The molecule has 1 heterocycles. The normalized spacial score (nSPS) is 27.2. The first-order chi connectivity index (χ1) is 12.0. The van der Waals surface area contributed by atoms with Crippen LogP contribution >= 0.6 is 0 Å². The van der Waals surface area contributed by atoms with Crippen LogP contribution in [0, 0.1) is 17.6 Å². The molecule has 4 atom stereocenters. The van der Waals surface area contributed by atoms with Crippen molar-refractivity contribution in [2.24, 2.45) is 5.92 Å². The Labute approximate surface area is 148 Å². The van der Waals surface area contributed by atoms with Crippen LogP contribution in [0.1, 0.15) is 43.7 Å². The summed E-state index contributed by atoms with van der Waals surface area (Å²) >= 11 is 0. The summed E-state index contributed by atoms with van der Waals surface area (Å²) in [5.74, 6) is -0.660. The number of likely N-dealkylation sites (N-methyl/N-ethyl adjacent to an activating group) is 1. The van der Waals surface area contributed by atoms with Crippen LogP contribution in [0.5, 0.6) is 0 Å². The second-order valence-electron chi connectivity index (χ2n) is 7.47. The molecule has 0 radical (unpaired) electrons. The highest BCUT2D eigenvalue weighted by molar-refractivity contribution is 5.82. The monoisotopic (exact) mass is 351 g/mol. The maximum atomic E-state index is 14.1. The molecule has 138 valence electrons. The minimum absolute atomic E-state index is 0.000788. The van der Waals surface area contributed by atoms with Crippen molar-refractivity contribution >= 4 is 5.91 Å². The lowest BCUT2D eigenvalue weighted by atomic mass is 9.85. The summed E-state index contributed by atoms with van der Waals surface area (Å²) in [7, 11) is 3.51. The van der Waals surface area contributed by atoms with Crippen LogP contribution in [-0.2, 0) is 4.79 Å². The Morgan fingerprint density at radius 3 is 2.60 bits per heavy atom. The third-order valence-electron chi connectivity index (χ3n) is 5.61. The lowest BCUT2D eigenvalue weighted by Crippen LogP contribution is -2.45. The molecular weight excluding hydrogens is 324 g/mol. The van der Waals surface area contributed by atoms with Gasteiger partial charge in [0.15, 0.2) is 0 Å². The molecule has 0 aromatic heterocycles. The second kappa shape index (κ2) is 7.79. The van der Waals surface area contributed by atoms with Gasteiger partial charge in [0.2, 0.25) is 5.91 Å². The number of hydrogen-bond donors (Lipinski definition) is 2. The van der Waals surface area contributed by atoms with E-state index in [9.17, 15) is 13.6 Å². The van der Waals surface area contributed by atoms with Gasteiger partial charge in [0.25, 0.3) is 0 Å². The summed E-state index contributed by atoms with van der Waals surface area (Å²) in [6.07, 6.45) is 5.64. The van der Waals surface area contributed by atoms with Gasteiger partial charge in [0.1, 0.15) is 11.6 Å². The van der Waals surface area contributed by atoms with E-state index in [-0.39, 0.29) is 24.1 Å². The van der Waals surface area contributed by atoms with E-state index in [2.05, 4.69) is 10.6 Å². The van der Waals surface area contributed by atoms with Crippen molar-refractivity contribution in [2.75, 3.05) is 20.6 Å². The number of hydrogen-bond acceptors (Lipinski definition) is 3. The Hall–Kier alpha value is -1.53. The molecule has 1 aliphatic heterocycles. The number of carbonyl (C=O) groups is 1. The number of halogens is 2. The Morgan fingerprint density at radius 2 is 1.96 bits per heavy atom. The van der Waals surface area contributed by atoms with Crippen molar-refractivity contribution < 1.29 is 13.6 Å². The highest BCUT2D eigenvalue weighted by Gasteiger charge is 2.38. The maximum absolute atomic E-state index is 14.1. The molecule has 2 N–H and O–H groups in total. The molecular formula is C19H27F2N3O. The fraction of sp³-hybridized carbons (Fsp3) is 0.632. The van der Waals surface area contributed by atoms with Gasteiger partial charge >= 0.3 is 0 Å². The SMILES string of the molecule is CN(C)C(CNC(=O)C1CC2CCCCC2N1)c1c(F)cccc1F. The number of carbonyl (C=O) groups excluding carboxylic acids is 1. The van der Waals surface area contributed by atoms with Crippen molar-refractivity contribution in [3.8, 4) is 0 Å². The van der Waals surface area contributed by atoms with E-state index in [4.69, 9.17) is 0 Å². The molecule has 1 aliphatic carbocycles. The second-order valence-corrected chi connectivity index (χ2v) is 7.47. The van der Waals surface area contributed by atoms with Crippen LogP contribution in [-0.4, -0.2) is 43.5 Å². The third-order valence-corrected chi connectivity index (χ3v) is 5.61. The Balaban J connectivity index is 1.63. The molecule has 1 amide bonds. The molecule has 2 aliphatic rings. The zero-order valence-electron chi connectivity index (χ0n) is 14.9. The quantitative estimate of drug-likeness (QED) is 0.857. The van der Waals surface area contributed by atoms with Crippen LogP contribution in [0.25, 0.3) is 0 Å². The summed E-state index contributed by atoms with van der Waals surface area (Å²) in [6.45, 7) is 0.178. The van der Waals surface area contributed by atoms with Crippen molar-refractivity contribution in [1.29, 1.82) is 0 Å². The minimum Gasteiger partial charge on any atom is -0.353 e. The van der Waals surface area contributed by atoms with Gasteiger partial charge in [-0.1, -0.05) is 18.9 Å². The molecule has 0 spiro atoms. The number of amides is 1. The van der Waals surface area contributed by atoms with Gasteiger partial charge in [-0.3, -0.25) is 4.79 Å². The molecule has 3 rings (SSSR count). The maximum Gasteiger partial charge on any atom is 0.237 e. The molecule has 4 unspecified atom stereocenters. The molecule has 1 saturated heterocycles. The standard InChI is InChI=1S/C19H27F2N3O/c1-24(2)17(18-13(20)7-5-8-14(18)21)11-22-19(25)16-10-12-6-3-4-9-15(12)23-16/h5,7-8,12,15-17,23H,3-4,6,9-11H2,1-2H3,(H,22,25). The van der Waals surface area contributed by atoms with Gasteiger partial charge in [-0.15, -0.1) is 0 Å². The minimum atomic E-state index is -0.585. The predicted molar refractivity (Wildman–Crippen MR) is 93.1 cm³/mol. The van der Waals surface area contributed by atoms with Gasteiger partial charge in [-0.25, -0.2) is 8.78 Å². The summed E-state index contributed by atoms with van der Waals surface area (Å²) in [6, 6.07) is 3.55. The van der Waals surface area contributed by atoms with Gasteiger partial charge in [0, 0.05) is 18.2 Å². The predicted octanol–water partition coefficient (Wildman–Crippen LogP) is 2.60. The van der Waals surface area contributed by atoms with Crippen LogP contribution in [0.3, 0.4) is 0 Å². The molecule has 0 bridgehead atoms. The van der Waals surface area contributed by atoms with Crippen molar-refractivity contribution in [1.82, 2.24) is 15.5 Å². The number of nitrogens with zero attached hydrogens (tertiary/aromatic N) is 1. The summed E-state index contributed by atoms with van der Waals surface area (Å²) in [5.41, 5.74) is 0.000788. The number of fused-ring (bicyclic) bond motifs is 1. The van der Waals surface area contributed by atoms with E-state index < -0.39 is 17.7 Å². The van der Waals surface area contributed by atoms with Crippen LogP contribution < -0.4 is 10.6 Å². The molecule has 1 aromatic rings. The Kier molecular flexibility index (Phi) is 5.69. The fourth-order valence-electron chi connectivity index (χ4n) is 4.21. The van der Waals surface area contributed by atoms with Gasteiger partial charge in [-0.2, -0.15) is 0 Å². The molecule has 1 saturated carbocycles. The van der Waals surface area contributed by atoms with Crippen molar-refractivity contribution in [2.45, 2.75) is 50.2 Å². The van der Waals surface area contributed by atoms with E-state index in [1.165, 1.54) is 37.5 Å². The number of nitrogens with one attached hydrogen (secondary N) is 2. The van der Waals surface area contributed by atoms with E-state index in [1.54, 1.807) is 19.0 Å². The first kappa shape index (κ1) is 18.3. The lowest BCUT2D eigenvalue weighted by molar-refractivity contribution is -0.123. The van der Waals surface area contributed by atoms with E-state index in [0.717, 1.165) is 12.8 Å². The smallest absolute Gasteiger partial charge is 0.237 e. The van der Waals surface area contributed by atoms with Crippen molar-refractivity contribution in [3.05, 3.63) is 35.4 Å². The van der Waals surface area contributed by atoms with E-state index in [1.807, 2.05) is 0 Å². The van der Waals surface area contributed by atoms with Crippen LogP contribution in [0.2, 0.25) is 0 Å². The highest BCUT2D eigenvalue weighted by atomic mass is 19.1. The topological polar surface area (TPSA) is 44.4 Å². The molecule has 6 heteroatoms. The lowest BCUT2D eigenvalue weighted by Gasteiger charge is -2.26. The Bertz CT molecular complexity index is 588. The largest absolute Gasteiger partial charge is 0.353 e. The summed E-state index contributed by atoms with van der Waals surface area (Å²) in [5, 5.41) is 6.33. The van der Waals surface area contributed by atoms with Gasteiger partial charge in [-0.05, 0) is 51.4 Å². The average Bonchev–Trinajstić information content (AvgIpc) is 3.01. The molecule has 25 heavy (non-hydrogen) atoms. The van der Waals surface area contributed by atoms with Crippen LogP contribution in [0.4, 0.5) is 8.78 Å². The van der Waals surface area contributed by atoms with E-state index >= 15 is 0 Å². The fourth-order valence-corrected chi connectivity index (χ4v) is 4.21. The Morgan fingerprint density at radius 1 is 1.28 bits per heavy atom. The first-order valence-corrected chi connectivity index (χ1v) is 9.11. The van der Waals surface area contributed by atoms with Crippen molar-refractivity contribution in [3.63, 3.8) is 0 Å². The average molecular weight is 351 g/mol. The zero-order chi connectivity index (χ0) is 18.0. The van der Waals surface area contributed by atoms with Gasteiger partial charge < -0.3 is 15.5 Å². The van der Waals surface area contributed by atoms with Gasteiger partial charge in [0.05, 0.1) is 12.1 Å². The molecule has 1 aromatic carbocycles. The first-order valence-electron chi connectivity index (χ1n) is 9.11.